The summed E-state index contributed by atoms with van der Waals surface area (Å²) in [4.78, 5) is 13.1. The summed E-state index contributed by atoms with van der Waals surface area (Å²) >= 11 is 0. The second-order valence-electron chi connectivity index (χ2n) is 3.39. The Morgan fingerprint density at radius 2 is 1.54 bits per heavy atom. The van der Waals surface area contributed by atoms with E-state index < -0.39 is 0 Å². The molecule has 2 heteroatoms. The summed E-state index contributed by atoms with van der Waals surface area (Å²) in [5.74, 6) is 0.298. The zero-order valence-corrected chi connectivity index (χ0v) is 9.31. The van der Waals surface area contributed by atoms with E-state index in [0.29, 0.717) is 12.3 Å². The van der Waals surface area contributed by atoms with Crippen molar-refractivity contribution in [3.8, 4) is 0 Å². The van der Waals surface area contributed by atoms with Crippen molar-refractivity contribution in [2.75, 3.05) is 19.6 Å². The number of carbonyl (C=O) groups excluding carboxylic acids is 1. The number of ketones is 1. The summed E-state index contributed by atoms with van der Waals surface area (Å²) in [5, 5.41) is 0. The quantitative estimate of drug-likeness (QED) is 0.658. The molecule has 13 heavy (non-hydrogen) atoms. The Labute approximate surface area is 82.3 Å². The van der Waals surface area contributed by atoms with Gasteiger partial charge in [0.25, 0.3) is 0 Å². The van der Waals surface area contributed by atoms with Gasteiger partial charge in [-0.05, 0) is 32.9 Å². The maximum absolute atomic E-state index is 10.8. The van der Waals surface area contributed by atoms with Crippen LogP contribution in [0.2, 0.25) is 0 Å². The smallest absolute Gasteiger partial charge is 0.143 e. The van der Waals surface area contributed by atoms with Gasteiger partial charge in [0.15, 0.2) is 0 Å². The first kappa shape index (κ1) is 12.6. The third-order valence-corrected chi connectivity index (χ3v) is 2.14. The molecule has 0 N–H and O–H groups in total. The lowest BCUT2D eigenvalue weighted by Crippen LogP contribution is -2.29. The number of likely N-dealkylation sites (tertiary alicyclic amines) is 1. The lowest BCUT2D eigenvalue weighted by molar-refractivity contribution is -0.118. The minimum atomic E-state index is 0.298. The number of rotatable bonds is 2. The molecule has 0 radical (unpaired) electrons. The van der Waals surface area contributed by atoms with Crippen LogP contribution in [-0.2, 0) is 4.79 Å². The van der Waals surface area contributed by atoms with Crippen LogP contribution < -0.4 is 0 Å². The van der Waals surface area contributed by atoms with E-state index in [1.54, 1.807) is 6.92 Å². The number of Topliss-reactive ketones (excluding diaryl/α,β-unsaturated/α-hetero) is 1. The van der Waals surface area contributed by atoms with Gasteiger partial charge in [-0.25, -0.2) is 0 Å². The van der Waals surface area contributed by atoms with Crippen molar-refractivity contribution in [3.63, 3.8) is 0 Å². The standard InChI is InChI=1S/C9H17NO.C2H6/c1-9(11)8-10-6-4-2-3-5-7-10;1-2/h2-8H2,1H3;1-2H3. The normalized spacial score (nSPS) is 18.4. The first-order chi connectivity index (χ1) is 6.29. The van der Waals surface area contributed by atoms with E-state index in [-0.39, 0.29) is 0 Å². The van der Waals surface area contributed by atoms with Crippen LogP contribution in [0.1, 0.15) is 46.5 Å². The molecule has 0 atom stereocenters. The lowest BCUT2D eigenvalue weighted by atomic mass is 10.2. The second-order valence-corrected chi connectivity index (χ2v) is 3.39. The highest BCUT2D eigenvalue weighted by Crippen LogP contribution is 2.08. The first-order valence-electron chi connectivity index (χ1n) is 5.51. The second kappa shape index (κ2) is 8.24. The Hall–Kier alpha value is -0.370. The average molecular weight is 185 g/mol. The number of carbonyl (C=O) groups is 1. The van der Waals surface area contributed by atoms with Gasteiger partial charge in [-0.15, -0.1) is 0 Å². The number of hydrogen-bond acceptors (Lipinski definition) is 2. The van der Waals surface area contributed by atoms with Crippen molar-refractivity contribution >= 4 is 5.78 Å². The number of hydrogen-bond donors (Lipinski definition) is 0. The van der Waals surface area contributed by atoms with Crippen LogP contribution in [-0.4, -0.2) is 30.3 Å². The molecule has 1 saturated heterocycles. The molecule has 0 aromatic carbocycles. The van der Waals surface area contributed by atoms with Crippen LogP contribution in [0.25, 0.3) is 0 Å². The summed E-state index contributed by atoms with van der Waals surface area (Å²) in [6.45, 7) is 8.59. The van der Waals surface area contributed by atoms with E-state index in [4.69, 9.17) is 0 Å². The Morgan fingerprint density at radius 3 is 1.92 bits per heavy atom. The molecule has 0 aromatic rings. The van der Waals surface area contributed by atoms with Crippen molar-refractivity contribution in [1.29, 1.82) is 0 Å². The van der Waals surface area contributed by atoms with E-state index in [0.717, 1.165) is 13.1 Å². The van der Waals surface area contributed by atoms with Crippen LogP contribution in [0.4, 0.5) is 0 Å². The molecule has 0 aromatic heterocycles. The monoisotopic (exact) mass is 185 g/mol. The maximum Gasteiger partial charge on any atom is 0.143 e. The van der Waals surface area contributed by atoms with Crippen LogP contribution in [0.15, 0.2) is 0 Å². The molecule has 0 unspecified atom stereocenters. The lowest BCUT2D eigenvalue weighted by Gasteiger charge is -2.17. The molecule has 0 amide bonds. The Balaban J connectivity index is 0.000000671. The molecule has 2 nitrogen and oxygen atoms in total. The molecule has 1 aliphatic heterocycles. The fourth-order valence-corrected chi connectivity index (χ4v) is 1.61. The minimum absolute atomic E-state index is 0.298. The molecular weight excluding hydrogens is 162 g/mol. The van der Waals surface area contributed by atoms with Gasteiger partial charge in [0.1, 0.15) is 5.78 Å². The van der Waals surface area contributed by atoms with Gasteiger partial charge in [0.05, 0.1) is 6.54 Å². The molecule has 78 valence electrons. The van der Waals surface area contributed by atoms with Gasteiger partial charge >= 0.3 is 0 Å². The third-order valence-electron chi connectivity index (χ3n) is 2.14. The van der Waals surface area contributed by atoms with Crippen LogP contribution in [0.5, 0.6) is 0 Å². The van der Waals surface area contributed by atoms with Gasteiger partial charge in [-0.3, -0.25) is 9.69 Å². The molecule has 0 bridgehead atoms. The van der Waals surface area contributed by atoms with Crippen molar-refractivity contribution in [2.45, 2.75) is 46.5 Å². The molecule has 1 rings (SSSR count). The minimum Gasteiger partial charge on any atom is -0.299 e. The largest absolute Gasteiger partial charge is 0.299 e. The van der Waals surface area contributed by atoms with Gasteiger partial charge in [0, 0.05) is 0 Å². The average Bonchev–Trinajstić information content (AvgIpc) is 2.36. The number of nitrogens with zero attached hydrogens (tertiary/aromatic N) is 1. The van der Waals surface area contributed by atoms with Gasteiger partial charge < -0.3 is 0 Å². The van der Waals surface area contributed by atoms with E-state index in [1.807, 2.05) is 13.8 Å². The SMILES string of the molecule is CC.CC(=O)CN1CCCCCC1. The Morgan fingerprint density at radius 1 is 1.08 bits per heavy atom. The summed E-state index contributed by atoms with van der Waals surface area (Å²) in [6.07, 6.45) is 5.23. The van der Waals surface area contributed by atoms with E-state index >= 15 is 0 Å². The first-order valence-corrected chi connectivity index (χ1v) is 5.51. The van der Waals surface area contributed by atoms with Crippen LogP contribution >= 0.6 is 0 Å². The van der Waals surface area contributed by atoms with Gasteiger partial charge in [-0.1, -0.05) is 26.7 Å². The summed E-state index contributed by atoms with van der Waals surface area (Å²) in [6, 6.07) is 0. The highest BCUT2D eigenvalue weighted by Gasteiger charge is 2.09. The fraction of sp³-hybridized carbons (Fsp3) is 0.909. The van der Waals surface area contributed by atoms with Crippen LogP contribution in [0, 0.1) is 0 Å². The Bertz CT molecular complexity index is 126. The Kier molecular flexibility index (Phi) is 8.00. The third kappa shape index (κ3) is 6.76. The highest BCUT2D eigenvalue weighted by molar-refractivity contribution is 5.77. The fourth-order valence-electron chi connectivity index (χ4n) is 1.61. The maximum atomic E-state index is 10.8. The molecular formula is C11H23NO. The zero-order valence-electron chi connectivity index (χ0n) is 9.31. The van der Waals surface area contributed by atoms with Crippen molar-refractivity contribution in [3.05, 3.63) is 0 Å². The molecule has 1 aliphatic rings. The van der Waals surface area contributed by atoms with E-state index in [2.05, 4.69) is 4.90 Å². The molecule has 1 heterocycles. The van der Waals surface area contributed by atoms with Crippen LogP contribution in [0.3, 0.4) is 0 Å². The molecule has 0 spiro atoms. The van der Waals surface area contributed by atoms with Crippen molar-refractivity contribution < 1.29 is 4.79 Å². The molecule has 0 saturated carbocycles. The summed E-state index contributed by atoms with van der Waals surface area (Å²) < 4.78 is 0. The van der Waals surface area contributed by atoms with E-state index in [1.165, 1.54) is 25.7 Å². The predicted molar refractivity (Wildman–Crippen MR) is 56.9 cm³/mol. The molecule has 0 aliphatic carbocycles. The van der Waals surface area contributed by atoms with Gasteiger partial charge in [-0.2, -0.15) is 0 Å². The van der Waals surface area contributed by atoms with Gasteiger partial charge in [0.2, 0.25) is 0 Å². The highest BCUT2D eigenvalue weighted by atomic mass is 16.1. The van der Waals surface area contributed by atoms with Crippen molar-refractivity contribution in [1.82, 2.24) is 4.90 Å². The predicted octanol–water partition coefficient (Wildman–Crippen LogP) is 2.48. The van der Waals surface area contributed by atoms with E-state index in [9.17, 15) is 4.79 Å². The zero-order chi connectivity index (χ0) is 10.1. The summed E-state index contributed by atoms with van der Waals surface area (Å²) in [7, 11) is 0. The van der Waals surface area contributed by atoms with Crippen molar-refractivity contribution in [2.24, 2.45) is 0 Å². The summed E-state index contributed by atoms with van der Waals surface area (Å²) in [5.41, 5.74) is 0. The molecule has 1 fully saturated rings. The topological polar surface area (TPSA) is 20.3 Å².